The van der Waals surface area contributed by atoms with Gasteiger partial charge < -0.3 is 9.32 Å². The first-order valence-electron chi connectivity index (χ1n) is 6.65. The maximum atomic E-state index is 12.0. The monoisotopic (exact) mass is 247 g/mol. The SMILES string of the molecule is CC1CCC(N(C)C(=O)/C=C/c2ccco2)CC1. The Kier molecular flexibility index (Phi) is 4.24. The van der Waals surface area contributed by atoms with Gasteiger partial charge in [0.25, 0.3) is 0 Å². The third kappa shape index (κ3) is 3.25. The molecule has 3 nitrogen and oxygen atoms in total. The molecule has 0 atom stereocenters. The predicted molar refractivity (Wildman–Crippen MR) is 71.9 cm³/mol. The van der Waals surface area contributed by atoms with Gasteiger partial charge in [-0.05, 0) is 49.8 Å². The summed E-state index contributed by atoms with van der Waals surface area (Å²) in [7, 11) is 1.90. The molecule has 0 spiro atoms. The van der Waals surface area contributed by atoms with E-state index in [9.17, 15) is 4.79 Å². The number of amides is 1. The Morgan fingerprint density at radius 1 is 1.39 bits per heavy atom. The first-order chi connectivity index (χ1) is 8.66. The molecule has 1 heterocycles. The quantitative estimate of drug-likeness (QED) is 0.768. The Balaban J connectivity index is 1.88. The topological polar surface area (TPSA) is 33.5 Å². The van der Waals surface area contributed by atoms with Crippen LogP contribution in [-0.2, 0) is 4.79 Å². The summed E-state index contributed by atoms with van der Waals surface area (Å²) in [5.74, 6) is 1.59. The van der Waals surface area contributed by atoms with Gasteiger partial charge in [0, 0.05) is 19.2 Å². The van der Waals surface area contributed by atoms with E-state index < -0.39 is 0 Å². The standard InChI is InChI=1S/C15H21NO2/c1-12-5-7-13(8-6-12)16(2)15(17)10-9-14-4-3-11-18-14/h3-4,9-13H,5-8H2,1-2H3/b10-9+. The Morgan fingerprint density at radius 2 is 2.11 bits per heavy atom. The van der Waals surface area contributed by atoms with Crippen LogP contribution in [0.25, 0.3) is 6.08 Å². The zero-order valence-electron chi connectivity index (χ0n) is 11.1. The van der Waals surface area contributed by atoms with Gasteiger partial charge in [-0.3, -0.25) is 4.79 Å². The van der Waals surface area contributed by atoms with E-state index in [4.69, 9.17) is 4.42 Å². The second-order valence-corrected chi connectivity index (χ2v) is 5.21. The van der Waals surface area contributed by atoms with Gasteiger partial charge in [-0.15, -0.1) is 0 Å². The highest BCUT2D eigenvalue weighted by Crippen LogP contribution is 2.26. The number of rotatable bonds is 3. The summed E-state index contributed by atoms with van der Waals surface area (Å²) in [6.07, 6.45) is 9.63. The second kappa shape index (κ2) is 5.89. The predicted octanol–water partition coefficient (Wildman–Crippen LogP) is 3.33. The Labute approximate surface area is 108 Å². The number of carbonyl (C=O) groups is 1. The van der Waals surface area contributed by atoms with E-state index in [-0.39, 0.29) is 5.91 Å². The Hall–Kier alpha value is -1.51. The summed E-state index contributed by atoms with van der Waals surface area (Å²) >= 11 is 0. The van der Waals surface area contributed by atoms with Crippen molar-refractivity contribution in [3.63, 3.8) is 0 Å². The molecular formula is C15H21NO2. The Morgan fingerprint density at radius 3 is 2.72 bits per heavy atom. The van der Waals surface area contributed by atoms with Crippen molar-refractivity contribution in [2.75, 3.05) is 7.05 Å². The minimum Gasteiger partial charge on any atom is -0.465 e. The number of carbonyl (C=O) groups excluding carboxylic acids is 1. The van der Waals surface area contributed by atoms with Crippen molar-refractivity contribution in [3.05, 3.63) is 30.2 Å². The molecule has 1 aliphatic carbocycles. The van der Waals surface area contributed by atoms with Crippen LogP contribution in [0.3, 0.4) is 0 Å². The molecule has 3 heteroatoms. The van der Waals surface area contributed by atoms with Crippen LogP contribution < -0.4 is 0 Å². The second-order valence-electron chi connectivity index (χ2n) is 5.21. The number of furan rings is 1. The van der Waals surface area contributed by atoms with Crippen LogP contribution in [0.1, 0.15) is 38.4 Å². The molecule has 1 aromatic rings. The zero-order valence-corrected chi connectivity index (χ0v) is 11.1. The largest absolute Gasteiger partial charge is 0.465 e. The van der Waals surface area contributed by atoms with Crippen molar-refractivity contribution in [3.8, 4) is 0 Å². The first-order valence-corrected chi connectivity index (χ1v) is 6.65. The maximum Gasteiger partial charge on any atom is 0.246 e. The van der Waals surface area contributed by atoms with Gasteiger partial charge in [0.15, 0.2) is 0 Å². The molecule has 1 fully saturated rings. The molecule has 0 unspecified atom stereocenters. The highest BCUT2D eigenvalue weighted by molar-refractivity contribution is 5.91. The summed E-state index contributed by atoms with van der Waals surface area (Å²) < 4.78 is 5.17. The summed E-state index contributed by atoms with van der Waals surface area (Å²) in [5, 5.41) is 0. The summed E-state index contributed by atoms with van der Waals surface area (Å²) in [4.78, 5) is 13.9. The van der Waals surface area contributed by atoms with Crippen molar-refractivity contribution < 1.29 is 9.21 Å². The number of likely N-dealkylation sites (N-methyl/N-ethyl adjacent to an activating group) is 1. The van der Waals surface area contributed by atoms with Crippen molar-refractivity contribution in [2.24, 2.45) is 5.92 Å². The molecule has 0 N–H and O–H groups in total. The molecule has 1 aromatic heterocycles. The summed E-state index contributed by atoms with van der Waals surface area (Å²) in [5.41, 5.74) is 0. The lowest BCUT2D eigenvalue weighted by Gasteiger charge is -2.33. The van der Waals surface area contributed by atoms with Crippen LogP contribution in [0.4, 0.5) is 0 Å². The lowest BCUT2D eigenvalue weighted by Crippen LogP contribution is -2.38. The summed E-state index contributed by atoms with van der Waals surface area (Å²) in [6.45, 7) is 2.29. The third-order valence-electron chi connectivity index (χ3n) is 3.81. The van der Waals surface area contributed by atoms with Crippen molar-refractivity contribution >= 4 is 12.0 Å². The average Bonchev–Trinajstić information content (AvgIpc) is 2.89. The molecule has 0 saturated heterocycles. The van der Waals surface area contributed by atoms with E-state index in [1.165, 1.54) is 12.8 Å². The first kappa shape index (κ1) is 12.9. The fraction of sp³-hybridized carbons (Fsp3) is 0.533. The molecule has 0 aliphatic heterocycles. The average molecular weight is 247 g/mol. The van der Waals surface area contributed by atoms with E-state index in [0.717, 1.165) is 18.8 Å². The molecule has 18 heavy (non-hydrogen) atoms. The fourth-order valence-corrected chi connectivity index (χ4v) is 2.47. The van der Waals surface area contributed by atoms with Gasteiger partial charge in [0.2, 0.25) is 5.91 Å². The zero-order chi connectivity index (χ0) is 13.0. The molecule has 98 valence electrons. The van der Waals surface area contributed by atoms with Crippen LogP contribution in [0, 0.1) is 5.92 Å². The normalized spacial score (nSPS) is 24.3. The highest BCUT2D eigenvalue weighted by Gasteiger charge is 2.23. The van der Waals surface area contributed by atoms with Crippen LogP contribution >= 0.6 is 0 Å². The van der Waals surface area contributed by atoms with E-state index in [1.54, 1.807) is 18.4 Å². The van der Waals surface area contributed by atoms with Crippen LogP contribution in [0.15, 0.2) is 28.9 Å². The van der Waals surface area contributed by atoms with Gasteiger partial charge >= 0.3 is 0 Å². The lowest BCUT2D eigenvalue weighted by molar-refractivity contribution is -0.127. The van der Waals surface area contributed by atoms with Gasteiger partial charge in [-0.25, -0.2) is 0 Å². The van der Waals surface area contributed by atoms with Crippen molar-refractivity contribution in [2.45, 2.75) is 38.6 Å². The smallest absolute Gasteiger partial charge is 0.246 e. The number of hydrogen-bond acceptors (Lipinski definition) is 2. The van der Waals surface area contributed by atoms with Gasteiger partial charge in [-0.1, -0.05) is 6.92 Å². The van der Waals surface area contributed by atoms with E-state index in [0.29, 0.717) is 11.8 Å². The minimum absolute atomic E-state index is 0.0611. The highest BCUT2D eigenvalue weighted by atomic mass is 16.3. The van der Waals surface area contributed by atoms with Gasteiger partial charge in [-0.2, -0.15) is 0 Å². The lowest BCUT2D eigenvalue weighted by atomic mass is 9.87. The molecule has 0 radical (unpaired) electrons. The van der Waals surface area contributed by atoms with Crippen LogP contribution in [0.2, 0.25) is 0 Å². The molecule has 2 rings (SSSR count). The summed E-state index contributed by atoms with van der Waals surface area (Å²) in [6, 6.07) is 4.05. The van der Waals surface area contributed by atoms with E-state index >= 15 is 0 Å². The van der Waals surface area contributed by atoms with E-state index in [2.05, 4.69) is 6.92 Å². The van der Waals surface area contributed by atoms with Crippen molar-refractivity contribution in [1.29, 1.82) is 0 Å². The van der Waals surface area contributed by atoms with Crippen LogP contribution in [-0.4, -0.2) is 23.9 Å². The van der Waals surface area contributed by atoms with Gasteiger partial charge in [0.05, 0.1) is 6.26 Å². The molecule has 1 saturated carbocycles. The molecule has 0 bridgehead atoms. The maximum absolute atomic E-state index is 12.0. The molecule has 0 aromatic carbocycles. The third-order valence-corrected chi connectivity index (χ3v) is 3.81. The van der Waals surface area contributed by atoms with E-state index in [1.807, 2.05) is 24.1 Å². The molecule has 1 amide bonds. The van der Waals surface area contributed by atoms with Gasteiger partial charge in [0.1, 0.15) is 5.76 Å². The van der Waals surface area contributed by atoms with Crippen molar-refractivity contribution in [1.82, 2.24) is 4.90 Å². The molecular weight excluding hydrogens is 226 g/mol. The minimum atomic E-state index is 0.0611. The van der Waals surface area contributed by atoms with Crippen LogP contribution in [0.5, 0.6) is 0 Å². The molecule has 1 aliphatic rings. The Bertz CT molecular complexity index is 400. The fourth-order valence-electron chi connectivity index (χ4n) is 2.47. The number of hydrogen-bond donors (Lipinski definition) is 0. The number of nitrogens with zero attached hydrogens (tertiary/aromatic N) is 1.